The van der Waals surface area contributed by atoms with Gasteiger partial charge < -0.3 is 19.5 Å². The molecule has 0 aliphatic heterocycles. The maximum absolute atomic E-state index is 13.0. The fraction of sp³-hybridized carbons (Fsp3) is 0.190. The summed E-state index contributed by atoms with van der Waals surface area (Å²) >= 11 is 0. The number of amides is 1. The van der Waals surface area contributed by atoms with Gasteiger partial charge in [-0.15, -0.1) is 0 Å². The molecular formula is C21H21NO4. The van der Waals surface area contributed by atoms with Crippen LogP contribution in [0.15, 0.2) is 54.6 Å². The first-order valence-electron chi connectivity index (χ1n) is 8.35. The predicted octanol–water partition coefficient (Wildman–Crippen LogP) is 4.51. The molecule has 1 N–H and O–H groups in total. The zero-order valence-electron chi connectivity index (χ0n) is 15.0. The van der Waals surface area contributed by atoms with Crippen molar-refractivity contribution in [3.05, 3.63) is 60.2 Å². The maximum Gasteiger partial charge on any atom is 0.260 e. The topological polar surface area (TPSA) is 56.8 Å². The lowest BCUT2D eigenvalue weighted by Gasteiger charge is -2.14. The number of nitrogens with one attached hydrogen (secondary N) is 1. The van der Waals surface area contributed by atoms with Crippen LogP contribution in [0.25, 0.3) is 10.8 Å². The molecule has 3 aromatic rings. The van der Waals surface area contributed by atoms with E-state index in [1.165, 1.54) is 0 Å². The molecule has 0 radical (unpaired) electrons. The number of fused-ring (bicyclic) bond motifs is 1. The minimum Gasteiger partial charge on any atom is -0.493 e. The Balaban J connectivity index is 2.00. The van der Waals surface area contributed by atoms with Crippen molar-refractivity contribution in [2.45, 2.75) is 6.92 Å². The van der Waals surface area contributed by atoms with Crippen LogP contribution in [0.2, 0.25) is 0 Å². The van der Waals surface area contributed by atoms with Gasteiger partial charge in [0.15, 0.2) is 11.5 Å². The van der Waals surface area contributed by atoms with Crippen LogP contribution in [0.3, 0.4) is 0 Å². The van der Waals surface area contributed by atoms with Gasteiger partial charge in [0.2, 0.25) is 0 Å². The average Bonchev–Trinajstić information content (AvgIpc) is 2.67. The first-order valence-corrected chi connectivity index (χ1v) is 8.35. The van der Waals surface area contributed by atoms with Crippen LogP contribution in [0.1, 0.15) is 17.3 Å². The summed E-state index contributed by atoms with van der Waals surface area (Å²) in [6.45, 7) is 2.38. The van der Waals surface area contributed by atoms with E-state index in [-0.39, 0.29) is 5.91 Å². The normalized spacial score (nSPS) is 10.4. The molecule has 3 rings (SSSR count). The molecule has 0 aliphatic rings. The van der Waals surface area contributed by atoms with Gasteiger partial charge in [-0.2, -0.15) is 0 Å². The van der Waals surface area contributed by atoms with E-state index < -0.39 is 0 Å². The second kappa shape index (κ2) is 7.78. The molecular weight excluding hydrogens is 330 g/mol. The molecule has 134 valence electrons. The van der Waals surface area contributed by atoms with Crippen LogP contribution in [-0.2, 0) is 0 Å². The standard InChI is InChI=1S/C21H21NO4/c1-4-26-18-11-9-14-7-5-6-8-16(14)20(18)21(23)22-15-10-12-17(24-2)19(13-15)25-3/h5-13H,4H2,1-3H3,(H,22,23). The number of methoxy groups -OCH3 is 2. The summed E-state index contributed by atoms with van der Waals surface area (Å²) in [7, 11) is 3.13. The summed E-state index contributed by atoms with van der Waals surface area (Å²) in [6, 6.07) is 16.8. The highest BCUT2D eigenvalue weighted by molar-refractivity contribution is 6.15. The van der Waals surface area contributed by atoms with Crippen LogP contribution in [0.5, 0.6) is 17.2 Å². The van der Waals surface area contributed by atoms with Crippen molar-refractivity contribution in [1.29, 1.82) is 0 Å². The van der Waals surface area contributed by atoms with Crippen LogP contribution in [0.4, 0.5) is 5.69 Å². The number of rotatable bonds is 6. The number of hydrogen-bond acceptors (Lipinski definition) is 4. The Labute approximate surface area is 152 Å². The first-order chi connectivity index (χ1) is 12.7. The Kier molecular flexibility index (Phi) is 5.27. The Morgan fingerprint density at radius 2 is 1.65 bits per heavy atom. The molecule has 0 spiro atoms. The van der Waals surface area contributed by atoms with Crippen molar-refractivity contribution in [2.75, 3.05) is 26.1 Å². The van der Waals surface area contributed by atoms with Crippen LogP contribution in [0, 0.1) is 0 Å². The monoisotopic (exact) mass is 351 g/mol. The SMILES string of the molecule is CCOc1ccc2ccccc2c1C(=O)Nc1ccc(OC)c(OC)c1. The summed E-state index contributed by atoms with van der Waals surface area (Å²) < 4.78 is 16.2. The number of ether oxygens (including phenoxy) is 3. The molecule has 0 unspecified atom stereocenters. The highest BCUT2D eigenvalue weighted by Gasteiger charge is 2.17. The zero-order chi connectivity index (χ0) is 18.5. The zero-order valence-corrected chi connectivity index (χ0v) is 15.0. The van der Waals surface area contributed by atoms with E-state index in [0.717, 1.165) is 10.8 Å². The second-order valence-electron chi connectivity index (χ2n) is 5.62. The van der Waals surface area contributed by atoms with Gasteiger partial charge in [0.25, 0.3) is 5.91 Å². The smallest absolute Gasteiger partial charge is 0.260 e. The summed E-state index contributed by atoms with van der Waals surface area (Å²) in [5.74, 6) is 1.47. The van der Waals surface area contributed by atoms with E-state index in [1.807, 2.05) is 43.3 Å². The molecule has 5 heteroatoms. The maximum atomic E-state index is 13.0. The van der Waals surface area contributed by atoms with Crippen LogP contribution in [-0.4, -0.2) is 26.7 Å². The van der Waals surface area contributed by atoms with E-state index in [4.69, 9.17) is 14.2 Å². The Morgan fingerprint density at radius 3 is 2.38 bits per heavy atom. The molecule has 0 heterocycles. The Hall–Kier alpha value is -3.21. The van der Waals surface area contributed by atoms with Gasteiger partial charge in [0, 0.05) is 11.8 Å². The number of carbonyl (C=O) groups is 1. The van der Waals surface area contributed by atoms with Crippen LogP contribution < -0.4 is 19.5 Å². The van der Waals surface area contributed by atoms with Gasteiger partial charge in [0.05, 0.1) is 26.4 Å². The molecule has 0 bridgehead atoms. The number of benzene rings is 3. The van der Waals surface area contributed by atoms with Crippen molar-refractivity contribution >= 4 is 22.4 Å². The molecule has 0 fully saturated rings. The van der Waals surface area contributed by atoms with Crippen molar-refractivity contribution in [3.63, 3.8) is 0 Å². The van der Waals surface area contributed by atoms with E-state index in [1.54, 1.807) is 32.4 Å². The van der Waals surface area contributed by atoms with Crippen LogP contribution >= 0.6 is 0 Å². The lowest BCUT2D eigenvalue weighted by Crippen LogP contribution is -2.14. The molecule has 0 aliphatic carbocycles. The third kappa shape index (κ3) is 3.42. The molecule has 0 saturated heterocycles. The van der Waals surface area contributed by atoms with Gasteiger partial charge in [-0.25, -0.2) is 0 Å². The summed E-state index contributed by atoms with van der Waals surface area (Å²) in [4.78, 5) is 13.0. The van der Waals surface area contributed by atoms with Gasteiger partial charge in [-0.1, -0.05) is 30.3 Å². The summed E-state index contributed by atoms with van der Waals surface area (Å²) in [5.41, 5.74) is 1.13. The van der Waals surface area contributed by atoms with Gasteiger partial charge >= 0.3 is 0 Å². The summed E-state index contributed by atoms with van der Waals surface area (Å²) in [5, 5.41) is 4.74. The molecule has 5 nitrogen and oxygen atoms in total. The van der Waals surface area contributed by atoms with E-state index in [2.05, 4.69) is 5.32 Å². The number of anilines is 1. The van der Waals surface area contributed by atoms with Crippen molar-refractivity contribution < 1.29 is 19.0 Å². The van der Waals surface area contributed by atoms with E-state index in [0.29, 0.717) is 35.1 Å². The lowest BCUT2D eigenvalue weighted by molar-refractivity contribution is 0.102. The third-order valence-electron chi connectivity index (χ3n) is 4.06. The van der Waals surface area contributed by atoms with Gasteiger partial charge in [0.1, 0.15) is 5.75 Å². The fourth-order valence-corrected chi connectivity index (χ4v) is 2.87. The molecule has 1 amide bonds. The van der Waals surface area contributed by atoms with Gasteiger partial charge in [-0.05, 0) is 35.9 Å². The van der Waals surface area contributed by atoms with E-state index >= 15 is 0 Å². The molecule has 0 atom stereocenters. The highest BCUT2D eigenvalue weighted by atomic mass is 16.5. The Bertz CT molecular complexity index is 936. The third-order valence-corrected chi connectivity index (χ3v) is 4.06. The minimum absolute atomic E-state index is 0.238. The minimum atomic E-state index is -0.238. The average molecular weight is 351 g/mol. The first kappa shape index (κ1) is 17.6. The Morgan fingerprint density at radius 1 is 0.923 bits per heavy atom. The predicted molar refractivity (Wildman–Crippen MR) is 103 cm³/mol. The quantitative estimate of drug-likeness (QED) is 0.710. The van der Waals surface area contributed by atoms with Crippen molar-refractivity contribution in [3.8, 4) is 17.2 Å². The largest absolute Gasteiger partial charge is 0.493 e. The molecule has 26 heavy (non-hydrogen) atoms. The van der Waals surface area contributed by atoms with Gasteiger partial charge in [-0.3, -0.25) is 4.79 Å². The van der Waals surface area contributed by atoms with Crippen molar-refractivity contribution in [1.82, 2.24) is 0 Å². The van der Waals surface area contributed by atoms with E-state index in [9.17, 15) is 4.79 Å². The molecule has 0 aromatic heterocycles. The second-order valence-corrected chi connectivity index (χ2v) is 5.62. The number of hydrogen-bond donors (Lipinski definition) is 1. The number of carbonyl (C=O) groups excluding carboxylic acids is 1. The fourth-order valence-electron chi connectivity index (χ4n) is 2.87. The highest BCUT2D eigenvalue weighted by Crippen LogP contribution is 2.32. The molecule has 0 saturated carbocycles. The van der Waals surface area contributed by atoms with Crippen molar-refractivity contribution in [2.24, 2.45) is 0 Å². The lowest BCUT2D eigenvalue weighted by atomic mass is 10.0. The summed E-state index contributed by atoms with van der Waals surface area (Å²) in [6.07, 6.45) is 0. The molecule has 3 aromatic carbocycles.